The zero-order valence-electron chi connectivity index (χ0n) is 7.58. The molecule has 0 bridgehead atoms. The predicted molar refractivity (Wildman–Crippen MR) is 44.8 cm³/mol. The summed E-state index contributed by atoms with van der Waals surface area (Å²) >= 11 is 0. The third-order valence-electron chi connectivity index (χ3n) is 1.58. The maximum Gasteiger partial charge on any atom is 0.573 e. The highest BCUT2D eigenvalue weighted by atomic mass is 19.4. The lowest BCUT2D eigenvalue weighted by Crippen LogP contribution is -2.19. The average molecular weight is 231 g/mol. The van der Waals surface area contributed by atoms with Crippen LogP contribution in [0.25, 0.3) is 0 Å². The molecule has 84 valence electrons. The standard InChI is InChI=1S/C9H4F3NO3/c10-9(11,12)16-7-5(4-13)2-1-3-6(7)8(14)15/h1-3H,(H,14,15). The highest BCUT2D eigenvalue weighted by Crippen LogP contribution is 2.29. The first-order valence-corrected chi connectivity index (χ1v) is 3.87. The summed E-state index contributed by atoms with van der Waals surface area (Å²) in [5, 5.41) is 17.2. The highest BCUT2D eigenvalue weighted by molar-refractivity contribution is 5.91. The number of nitriles is 1. The molecule has 1 rings (SSSR count). The summed E-state index contributed by atoms with van der Waals surface area (Å²) < 4.78 is 39.4. The summed E-state index contributed by atoms with van der Waals surface area (Å²) in [4.78, 5) is 10.6. The topological polar surface area (TPSA) is 70.3 Å². The van der Waals surface area contributed by atoms with E-state index in [9.17, 15) is 18.0 Å². The van der Waals surface area contributed by atoms with Crippen molar-refractivity contribution in [3.8, 4) is 11.8 Å². The van der Waals surface area contributed by atoms with Gasteiger partial charge in [-0.2, -0.15) is 5.26 Å². The molecule has 0 amide bonds. The first kappa shape index (κ1) is 11.8. The van der Waals surface area contributed by atoms with E-state index >= 15 is 0 Å². The van der Waals surface area contributed by atoms with E-state index in [-0.39, 0.29) is 0 Å². The van der Waals surface area contributed by atoms with Gasteiger partial charge in [0.05, 0.1) is 5.56 Å². The Kier molecular flexibility index (Phi) is 3.04. The highest BCUT2D eigenvalue weighted by Gasteiger charge is 2.34. The smallest absolute Gasteiger partial charge is 0.478 e. The normalized spacial score (nSPS) is 10.6. The molecule has 0 aliphatic heterocycles. The molecule has 4 nitrogen and oxygen atoms in total. The van der Waals surface area contributed by atoms with Gasteiger partial charge in [-0.1, -0.05) is 6.07 Å². The van der Waals surface area contributed by atoms with Crippen LogP contribution in [0.4, 0.5) is 13.2 Å². The molecule has 1 N–H and O–H groups in total. The number of nitrogens with zero attached hydrogens (tertiary/aromatic N) is 1. The van der Waals surface area contributed by atoms with Crippen LogP contribution in [0.15, 0.2) is 18.2 Å². The Morgan fingerprint density at radius 3 is 2.50 bits per heavy atom. The van der Waals surface area contributed by atoms with E-state index < -0.39 is 29.2 Å². The van der Waals surface area contributed by atoms with E-state index in [1.54, 1.807) is 0 Å². The van der Waals surface area contributed by atoms with Crippen molar-refractivity contribution in [2.24, 2.45) is 0 Å². The molecule has 0 saturated heterocycles. The summed E-state index contributed by atoms with van der Waals surface area (Å²) in [6.45, 7) is 0. The van der Waals surface area contributed by atoms with Gasteiger partial charge in [0.2, 0.25) is 0 Å². The summed E-state index contributed by atoms with van der Waals surface area (Å²) in [7, 11) is 0. The lowest BCUT2D eigenvalue weighted by atomic mass is 10.1. The van der Waals surface area contributed by atoms with Gasteiger partial charge < -0.3 is 9.84 Å². The Morgan fingerprint density at radius 1 is 1.44 bits per heavy atom. The molecule has 0 heterocycles. The molecule has 0 atom stereocenters. The fraction of sp³-hybridized carbons (Fsp3) is 0.111. The molecule has 0 saturated carbocycles. The molecule has 0 aromatic heterocycles. The Balaban J connectivity index is 3.32. The largest absolute Gasteiger partial charge is 0.573 e. The van der Waals surface area contributed by atoms with Crippen LogP contribution >= 0.6 is 0 Å². The van der Waals surface area contributed by atoms with Crippen LogP contribution in [0, 0.1) is 11.3 Å². The Hall–Kier alpha value is -2.23. The van der Waals surface area contributed by atoms with Crippen LogP contribution in [0.2, 0.25) is 0 Å². The molecule has 7 heteroatoms. The summed E-state index contributed by atoms with van der Waals surface area (Å²) in [5.74, 6) is -2.60. The Morgan fingerprint density at radius 2 is 2.06 bits per heavy atom. The molecule has 0 aliphatic rings. The molecule has 0 spiro atoms. The molecule has 1 aromatic rings. The lowest BCUT2D eigenvalue weighted by molar-refractivity contribution is -0.274. The monoisotopic (exact) mass is 231 g/mol. The van der Waals surface area contributed by atoms with E-state index in [0.717, 1.165) is 18.2 Å². The summed E-state index contributed by atoms with van der Waals surface area (Å²) in [5.41, 5.74) is -1.20. The van der Waals surface area contributed by atoms with Crippen molar-refractivity contribution in [2.75, 3.05) is 0 Å². The first-order valence-electron chi connectivity index (χ1n) is 3.87. The van der Waals surface area contributed by atoms with Crippen LogP contribution in [-0.2, 0) is 0 Å². The SMILES string of the molecule is N#Cc1cccc(C(=O)O)c1OC(F)(F)F. The number of para-hydroxylation sites is 1. The second-order valence-corrected chi connectivity index (χ2v) is 2.65. The Labute approximate surface area is 87.5 Å². The number of ether oxygens (including phenoxy) is 1. The van der Waals surface area contributed by atoms with Crippen LogP contribution in [0.3, 0.4) is 0 Å². The van der Waals surface area contributed by atoms with Crippen molar-refractivity contribution in [1.29, 1.82) is 5.26 Å². The van der Waals surface area contributed by atoms with Gasteiger partial charge in [0.25, 0.3) is 0 Å². The first-order chi connectivity index (χ1) is 7.35. The van der Waals surface area contributed by atoms with E-state index in [4.69, 9.17) is 10.4 Å². The van der Waals surface area contributed by atoms with Gasteiger partial charge >= 0.3 is 12.3 Å². The number of carbonyl (C=O) groups is 1. The third-order valence-corrected chi connectivity index (χ3v) is 1.58. The van der Waals surface area contributed by atoms with E-state index in [1.165, 1.54) is 6.07 Å². The van der Waals surface area contributed by atoms with E-state index in [2.05, 4.69) is 4.74 Å². The zero-order valence-corrected chi connectivity index (χ0v) is 7.58. The molecule has 0 fully saturated rings. The molecule has 1 aromatic carbocycles. The minimum Gasteiger partial charge on any atom is -0.478 e. The van der Waals surface area contributed by atoms with Gasteiger partial charge in [-0.3, -0.25) is 0 Å². The second kappa shape index (κ2) is 4.10. The molecule has 0 unspecified atom stereocenters. The lowest BCUT2D eigenvalue weighted by Gasteiger charge is -2.12. The Bertz CT molecular complexity index is 462. The van der Waals surface area contributed by atoms with Gasteiger partial charge in [0, 0.05) is 0 Å². The average Bonchev–Trinajstić information content (AvgIpc) is 2.15. The van der Waals surface area contributed by atoms with Gasteiger partial charge in [0.1, 0.15) is 11.6 Å². The number of carboxylic acid groups (broad SMARTS) is 1. The quantitative estimate of drug-likeness (QED) is 0.846. The summed E-state index contributed by atoms with van der Waals surface area (Å²) in [6.07, 6.45) is -5.04. The van der Waals surface area contributed by atoms with Crippen LogP contribution in [0.1, 0.15) is 15.9 Å². The predicted octanol–water partition coefficient (Wildman–Crippen LogP) is 2.16. The van der Waals surface area contributed by atoms with Crippen molar-refractivity contribution in [3.63, 3.8) is 0 Å². The minimum atomic E-state index is -5.04. The number of hydrogen-bond donors (Lipinski definition) is 1. The second-order valence-electron chi connectivity index (χ2n) is 2.65. The van der Waals surface area contributed by atoms with Gasteiger partial charge in [0.15, 0.2) is 5.75 Å². The number of benzene rings is 1. The number of rotatable bonds is 2. The number of halogens is 3. The number of aromatic carboxylic acids is 1. The van der Waals surface area contributed by atoms with Crippen molar-refractivity contribution in [3.05, 3.63) is 29.3 Å². The van der Waals surface area contributed by atoms with Crippen LogP contribution < -0.4 is 4.74 Å². The van der Waals surface area contributed by atoms with Gasteiger partial charge in [-0.25, -0.2) is 4.79 Å². The summed E-state index contributed by atoms with van der Waals surface area (Å²) in [6, 6.07) is 4.54. The maximum atomic E-state index is 12.0. The third kappa shape index (κ3) is 2.63. The number of carboxylic acids is 1. The van der Waals surface area contributed by atoms with Gasteiger partial charge in [-0.15, -0.1) is 13.2 Å². The molecule has 16 heavy (non-hydrogen) atoms. The molecular formula is C9H4F3NO3. The zero-order chi connectivity index (χ0) is 12.3. The van der Waals surface area contributed by atoms with Crippen molar-refractivity contribution in [1.82, 2.24) is 0 Å². The molecule has 0 radical (unpaired) electrons. The van der Waals surface area contributed by atoms with E-state index in [0.29, 0.717) is 0 Å². The fourth-order valence-corrected chi connectivity index (χ4v) is 1.02. The number of alkyl halides is 3. The van der Waals surface area contributed by atoms with Crippen molar-refractivity contribution in [2.45, 2.75) is 6.36 Å². The van der Waals surface area contributed by atoms with Gasteiger partial charge in [-0.05, 0) is 12.1 Å². The fourth-order valence-electron chi connectivity index (χ4n) is 1.02. The molecular weight excluding hydrogens is 227 g/mol. The minimum absolute atomic E-state index is 0.489. The van der Waals surface area contributed by atoms with Crippen LogP contribution in [-0.4, -0.2) is 17.4 Å². The van der Waals surface area contributed by atoms with Crippen molar-refractivity contribution >= 4 is 5.97 Å². The number of hydrogen-bond acceptors (Lipinski definition) is 3. The van der Waals surface area contributed by atoms with E-state index in [1.807, 2.05) is 0 Å². The van der Waals surface area contributed by atoms with Crippen LogP contribution in [0.5, 0.6) is 5.75 Å². The molecule has 0 aliphatic carbocycles. The maximum absolute atomic E-state index is 12.0. The van der Waals surface area contributed by atoms with Crippen molar-refractivity contribution < 1.29 is 27.8 Å².